The van der Waals surface area contributed by atoms with Gasteiger partial charge in [0.1, 0.15) is 5.75 Å². The van der Waals surface area contributed by atoms with Crippen LogP contribution in [0.3, 0.4) is 0 Å². The van der Waals surface area contributed by atoms with Gasteiger partial charge in [-0.1, -0.05) is 31.2 Å². The molecule has 1 aliphatic rings. The van der Waals surface area contributed by atoms with E-state index in [1.54, 1.807) is 19.1 Å². The summed E-state index contributed by atoms with van der Waals surface area (Å²) in [4.78, 5) is 0. The molecule has 144 valence electrons. The number of aromatic hydroxyl groups is 1. The number of hydrogen-bond donors (Lipinski definition) is 1. The largest absolute Gasteiger partial charge is 0.508 e. The van der Waals surface area contributed by atoms with Crippen LogP contribution in [0.5, 0.6) is 5.75 Å². The van der Waals surface area contributed by atoms with Crippen LogP contribution < -0.4 is 0 Å². The van der Waals surface area contributed by atoms with E-state index < -0.39 is 11.7 Å². The third kappa shape index (κ3) is 7.52. The Morgan fingerprint density at radius 3 is 2.35 bits per heavy atom. The van der Waals surface area contributed by atoms with Gasteiger partial charge in [0.15, 0.2) is 11.7 Å². The van der Waals surface area contributed by atoms with Crippen LogP contribution in [0.2, 0.25) is 0 Å². The van der Waals surface area contributed by atoms with Crippen molar-refractivity contribution in [3.63, 3.8) is 0 Å². The molecule has 0 heterocycles. The van der Waals surface area contributed by atoms with Gasteiger partial charge in [-0.15, -0.1) is 0 Å². The van der Waals surface area contributed by atoms with Crippen molar-refractivity contribution in [3.8, 4) is 5.75 Å². The summed E-state index contributed by atoms with van der Waals surface area (Å²) >= 11 is 0. The molecule has 0 fully saturated rings. The fraction of sp³-hybridized carbons (Fsp3) is 0.455. The number of hydrogen-bond acceptors (Lipinski definition) is 2. The molecule has 0 aliphatic heterocycles. The van der Waals surface area contributed by atoms with E-state index >= 15 is 0 Å². The van der Waals surface area contributed by atoms with Crippen LogP contribution in [0.25, 0.3) is 0 Å². The molecular weight excluding hydrogens is 334 g/mol. The first kappa shape index (κ1) is 22.1. The average Bonchev–Trinajstić information content (AvgIpc) is 2.66. The molecular formula is C22H30F2O2. The third-order valence-electron chi connectivity index (χ3n) is 4.29. The van der Waals surface area contributed by atoms with Gasteiger partial charge < -0.3 is 9.84 Å². The van der Waals surface area contributed by atoms with Crippen molar-refractivity contribution in [2.75, 3.05) is 13.2 Å². The molecule has 1 aliphatic carbocycles. The van der Waals surface area contributed by atoms with Crippen LogP contribution in [0, 0.1) is 5.92 Å². The number of phenolic OH excluding ortho intramolecular Hbond substituents is 1. The summed E-state index contributed by atoms with van der Waals surface area (Å²) in [5.74, 6) is -0.0183. The van der Waals surface area contributed by atoms with Crippen LogP contribution in [0.4, 0.5) is 8.78 Å². The SMILES string of the molecule is C/C=C(F)\C(F)=C(\C)COCC.CC1C=CC(c2ccc(O)cc2)CC1. The van der Waals surface area contributed by atoms with Crippen LogP contribution in [0.15, 0.2) is 59.7 Å². The van der Waals surface area contributed by atoms with E-state index in [0.29, 0.717) is 18.3 Å². The van der Waals surface area contributed by atoms with Gasteiger partial charge in [0.2, 0.25) is 0 Å². The fourth-order valence-electron chi connectivity index (χ4n) is 2.61. The maximum absolute atomic E-state index is 12.9. The van der Waals surface area contributed by atoms with Crippen LogP contribution in [-0.2, 0) is 4.74 Å². The maximum atomic E-state index is 12.9. The molecule has 0 saturated carbocycles. The zero-order chi connectivity index (χ0) is 19.5. The number of rotatable bonds is 5. The van der Waals surface area contributed by atoms with E-state index in [-0.39, 0.29) is 12.2 Å². The molecule has 2 nitrogen and oxygen atoms in total. The van der Waals surface area contributed by atoms with Gasteiger partial charge in [-0.2, -0.15) is 0 Å². The second-order valence-corrected chi connectivity index (χ2v) is 6.51. The fourth-order valence-corrected chi connectivity index (χ4v) is 2.61. The molecule has 2 atom stereocenters. The first-order valence-corrected chi connectivity index (χ1v) is 9.11. The van der Waals surface area contributed by atoms with Gasteiger partial charge in [-0.3, -0.25) is 0 Å². The number of halogens is 2. The highest BCUT2D eigenvalue weighted by atomic mass is 19.2. The number of ether oxygens (including phenoxy) is 1. The van der Waals surface area contributed by atoms with Crippen molar-refractivity contribution in [1.29, 1.82) is 0 Å². The number of benzene rings is 1. The zero-order valence-electron chi connectivity index (χ0n) is 16.1. The van der Waals surface area contributed by atoms with E-state index in [1.165, 1.54) is 32.3 Å². The quantitative estimate of drug-likeness (QED) is 0.471. The highest BCUT2D eigenvalue weighted by Crippen LogP contribution is 2.30. The molecule has 0 amide bonds. The second-order valence-electron chi connectivity index (χ2n) is 6.51. The van der Waals surface area contributed by atoms with Gasteiger partial charge in [0.25, 0.3) is 0 Å². The summed E-state index contributed by atoms with van der Waals surface area (Å²) in [6.45, 7) is 7.66. The molecule has 0 saturated heterocycles. The first-order valence-electron chi connectivity index (χ1n) is 9.11. The monoisotopic (exact) mass is 364 g/mol. The van der Waals surface area contributed by atoms with Gasteiger partial charge >= 0.3 is 0 Å². The smallest absolute Gasteiger partial charge is 0.159 e. The lowest BCUT2D eigenvalue weighted by Gasteiger charge is -2.20. The average molecular weight is 364 g/mol. The normalized spacial score (nSPS) is 20.9. The summed E-state index contributed by atoms with van der Waals surface area (Å²) in [7, 11) is 0. The first-order chi connectivity index (χ1) is 12.4. The Morgan fingerprint density at radius 2 is 1.85 bits per heavy atom. The Hall–Kier alpha value is -1.94. The van der Waals surface area contributed by atoms with Crippen molar-refractivity contribution < 1.29 is 18.6 Å². The van der Waals surface area contributed by atoms with Crippen molar-refractivity contribution in [2.24, 2.45) is 5.92 Å². The molecule has 2 unspecified atom stereocenters. The topological polar surface area (TPSA) is 29.5 Å². The van der Waals surface area contributed by atoms with Crippen LogP contribution in [0.1, 0.15) is 52.0 Å². The predicted molar refractivity (Wildman–Crippen MR) is 104 cm³/mol. The highest BCUT2D eigenvalue weighted by Gasteiger charge is 2.14. The standard InChI is InChI=1S/C13H16O.C9H14F2O/c1-10-2-4-11(5-3-10)12-6-8-13(14)9-7-12;1-4-8(10)9(11)7(3)6-12-5-2/h2,4,6-11,14H,3,5H2,1H3;4H,5-6H2,1-3H3/b;8-4+,9-7+. The molecule has 0 bridgehead atoms. The molecule has 26 heavy (non-hydrogen) atoms. The second kappa shape index (κ2) is 11.6. The van der Waals surface area contributed by atoms with Crippen molar-refractivity contribution in [1.82, 2.24) is 0 Å². The van der Waals surface area contributed by atoms with E-state index in [4.69, 9.17) is 4.74 Å². The molecule has 0 radical (unpaired) electrons. The van der Waals surface area contributed by atoms with E-state index in [9.17, 15) is 13.9 Å². The Kier molecular flexibility index (Phi) is 9.89. The molecule has 1 aromatic rings. The van der Waals surface area contributed by atoms with Crippen molar-refractivity contribution >= 4 is 0 Å². The Bertz CT molecular complexity index is 630. The molecule has 1 N–H and O–H groups in total. The summed E-state index contributed by atoms with van der Waals surface area (Å²) in [6.07, 6.45) is 8.16. The van der Waals surface area contributed by atoms with Gasteiger partial charge in [-0.05, 0) is 68.9 Å². The van der Waals surface area contributed by atoms with Gasteiger partial charge in [0, 0.05) is 12.5 Å². The lowest BCUT2D eigenvalue weighted by atomic mass is 9.85. The lowest BCUT2D eigenvalue weighted by Crippen LogP contribution is -2.04. The maximum Gasteiger partial charge on any atom is 0.159 e. The van der Waals surface area contributed by atoms with Gasteiger partial charge in [0.05, 0.1) is 6.61 Å². The minimum absolute atomic E-state index is 0.142. The third-order valence-corrected chi connectivity index (χ3v) is 4.29. The molecule has 2 rings (SSSR count). The predicted octanol–water partition coefficient (Wildman–Crippen LogP) is 6.60. The Morgan fingerprint density at radius 1 is 1.19 bits per heavy atom. The molecule has 4 heteroatoms. The summed E-state index contributed by atoms with van der Waals surface area (Å²) in [5.41, 5.74) is 1.60. The van der Waals surface area contributed by atoms with E-state index in [2.05, 4.69) is 19.1 Å². The van der Waals surface area contributed by atoms with Crippen molar-refractivity contribution in [2.45, 2.75) is 46.5 Å². The molecule has 0 spiro atoms. The summed E-state index contributed by atoms with van der Waals surface area (Å²) < 4.78 is 30.4. The Labute approximate surface area is 155 Å². The van der Waals surface area contributed by atoms with E-state index in [0.717, 1.165) is 12.0 Å². The summed E-state index contributed by atoms with van der Waals surface area (Å²) in [6, 6.07) is 7.56. The number of phenols is 1. The minimum Gasteiger partial charge on any atom is -0.508 e. The van der Waals surface area contributed by atoms with Crippen molar-refractivity contribution in [3.05, 3.63) is 65.3 Å². The molecule has 0 aromatic heterocycles. The van der Waals surface area contributed by atoms with E-state index in [1.807, 2.05) is 12.1 Å². The van der Waals surface area contributed by atoms with Gasteiger partial charge in [-0.25, -0.2) is 8.78 Å². The highest BCUT2D eigenvalue weighted by molar-refractivity contribution is 5.31. The zero-order valence-corrected chi connectivity index (χ0v) is 16.1. The molecule has 1 aromatic carbocycles. The summed E-state index contributed by atoms with van der Waals surface area (Å²) in [5, 5.41) is 9.18. The van der Waals surface area contributed by atoms with Crippen LogP contribution >= 0.6 is 0 Å². The Balaban J connectivity index is 0.000000265. The lowest BCUT2D eigenvalue weighted by molar-refractivity contribution is 0.169. The minimum atomic E-state index is -0.827. The number of allylic oxidation sites excluding steroid dienone is 5. The van der Waals surface area contributed by atoms with Crippen LogP contribution in [-0.4, -0.2) is 18.3 Å².